The van der Waals surface area contributed by atoms with Gasteiger partial charge in [0.25, 0.3) is 0 Å². The summed E-state index contributed by atoms with van der Waals surface area (Å²) in [6.07, 6.45) is 0.616. The van der Waals surface area contributed by atoms with Gasteiger partial charge in [0.15, 0.2) is 0 Å². The molecule has 1 atom stereocenters. The van der Waals surface area contributed by atoms with Crippen molar-refractivity contribution in [3.8, 4) is 5.75 Å². The molecule has 2 nitrogen and oxygen atoms in total. The monoisotopic (exact) mass is 401 g/mol. The molecule has 0 spiro atoms. The molecule has 0 saturated heterocycles. The molecule has 1 unspecified atom stereocenters. The molecule has 0 amide bonds. The number of ether oxygens (including phenoxy) is 1. The van der Waals surface area contributed by atoms with Crippen LogP contribution in [0.2, 0.25) is 0 Å². The Bertz CT molecular complexity index is 619. The molecule has 0 aliphatic rings. The summed E-state index contributed by atoms with van der Waals surface area (Å²) in [5.41, 5.74) is 7.99. The first-order chi connectivity index (χ1) is 9.52. The summed E-state index contributed by atoms with van der Waals surface area (Å²) in [4.78, 5) is 0. The van der Waals surface area contributed by atoms with E-state index in [4.69, 9.17) is 10.5 Å². The van der Waals surface area contributed by atoms with Crippen LogP contribution in [0.25, 0.3) is 0 Å². The Labute approximate surface area is 134 Å². The van der Waals surface area contributed by atoms with Gasteiger partial charge in [-0.2, -0.15) is 0 Å². The lowest BCUT2D eigenvalue weighted by atomic mass is 9.99. The van der Waals surface area contributed by atoms with E-state index in [-0.39, 0.29) is 11.9 Å². The summed E-state index contributed by atoms with van der Waals surface area (Å²) >= 11 is 6.69. The van der Waals surface area contributed by atoms with E-state index in [1.165, 1.54) is 6.07 Å². The molecule has 2 rings (SSSR count). The maximum atomic E-state index is 13.5. The van der Waals surface area contributed by atoms with Gasteiger partial charge in [-0.3, -0.25) is 0 Å². The third-order valence-corrected chi connectivity index (χ3v) is 4.51. The minimum absolute atomic E-state index is 0.277. The Morgan fingerprint density at radius 2 is 2.00 bits per heavy atom. The Hall–Kier alpha value is -0.910. The van der Waals surface area contributed by atoms with Crippen molar-refractivity contribution in [3.05, 3.63) is 62.3 Å². The highest BCUT2D eigenvalue weighted by atomic mass is 79.9. The molecule has 0 aliphatic heterocycles. The van der Waals surface area contributed by atoms with Crippen molar-refractivity contribution in [2.24, 2.45) is 5.73 Å². The first-order valence-electron chi connectivity index (χ1n) is 6.05. The molecule has 0 aromatic heterocycles. The van der Waals surface area contributed by atoms with Gasteiger partial charge in [-0.15, -0.1) is 0 Å². The number of benzene rings is 2. The maximum Gasteiger partial charge on any atom is 0.137 e. The van der Waals surface area contributed by atoms with Crippen molar-refractivity contribution < 1.29 is 9.13 Å². The van der Waals surface area contributed by atoms with E-state index in [0.29, 0.717) is 10.9 Å². The predicted octanol–water partition coefficient (Wildman–Crippen LogP) is 4.60. The molecule has 0 bridgehead atoms. The average molecular weight is 403 g/mol. The van der Waals surface area contributed by atoms with Gasteiger partial charge in [-0.05, 0) is 67.6 Å². The third-order valence-electron chi connectivity index (χ3n) is 3.05. The van der Waals surface area contributed by atoms with Crippen LogP contribution in [-0.4, -0.2) is 7.11 Å². The lowest BCUT2D eigenvalue weighted by molar-refractivity contribution is 0.412. The first-order valence-corrected chi connectivity index (χ1v) is 7.63. The third kappa shape index (κ3) is 3.40. The zero-order chi connectivity index (χ0) is 14.7. The molecule has 20 heavy (non-hydrogen) atoms. The highest BCUT2D eigenvalue weighted by molar-refractivity contribution is 9.10. The quantitative estimate of drug-likeness (QED) is 0.810. The fourth-order valence-electron chi connectivity index (χ4n) is 2.01. The van der Waals surface area contributed by atoms with Gasteiger partial charge >= 0.3 is 0 Å². The van der Waals surface area contributed by atoms with Gasteiger partial charge in [0.2, 0.25) is 0 Å². The van der Waals surface area contributed by atoms with E-state index >= 15 is 0 Å². The zero-order valence-corrected chi connectivity index (χ0v) is 14.0. The Balaban J connectivity index is 2.21. The predicted molar refractivity (Wildman–Crippen MR) is 85.4 cm³/mol. The Morgan fingerprint density at radius 3 is 2.65 bits per heavy atom. The molecule has 2 aromatic carbocycles. The van der Waals surface area contributed by atoms with Gasteiger partial charge in [0, 0.05) is 6.04 Å². The number of halogens is 3. The van der Waals surface area contributed by atoms with Gasteiger partial charge in [0.05, 0.1) is 16.1 Å². The first kappa shape index (κ1) is 15.5. The average Bonchev–Trinajstić information content (AvgIpc) is 2.42. The Morgan fingerprint density at radius 1 is 1.25 bits per heavy atom. The van der Waals surface area contributed by atoms with Crippen LogP contribution in [0.15, 0.2) is 45.3 Å². The fraction of sp³-hybridized carbons (Fsp3) is 0.200. The number of hydrogen-bond acceptors (Lipinski definition) is 2. The van der Waals surface area contributed by atoms with Gasteiger partial charge in [0.1, 0.15) is 11.6 Å². The summed E-state index contributed by atoms with van der Waals surface area (Å²) in [5, 5.41) is 0. The number of nitrogens with two attached hydrogens (primary N) is 1. The van der Waals surface area contributed by atoms with E-state index < -0.39 is 0 Å². The minimum Gasteiger partial charge on any atom is -0.496 e. The number of hydrogen-bond donors (Lipinski definition) is 1. The standard InChI is InChI=1S/C15H14Br2FNO/c1-20-14-6-5-9(7-11(14)16)8-13(19)10-3-2-4-12(18)15(10)17/h2-7,13H,8,19H2,1H3. The van der Waals surface area contributed by atoms with Crippen molar-refractivity contribution in [2.75, 3.05) is 7.11 Å². The van der Waals surface area contributed by atoms with Crippen molar-refractivity contribution in [1.82, 2.24) is 0 Å². The normalized spacial score (nSPS) is 12.2. The summed E-state index contributed by atoms with van der Waals surface area (Å²) in [6, 6.07) is 10.4. The number of rotatable bonds is 4. The minimum atomic E-state index is -0.297. The summed E-state index contributed by atoms with van der Waals surface area (Å²) in [7, 11) is 1.62. The van der Waals surface area contributed by atoms with Crippen molar-refractivity contribution >= 4 is 31.9 Å². The van der Waals surface area contributed by atoms with Gasteiger partial charge in [-0.25, -0.2) is 4.39 Å². The molecule has 106 valence electrons. The van der Waals surface area contributed by atoms with Crippen molar-refractivity contribution in [3.63, 3.8) is 0 Å². The highest BCUT2D eigenvalue weighted by Gasteiger charge is 2.14. The van der Waals surface area contributed by atoms with Crippen molar-refractivity contribution in [2.45, 2.75) is 12.5 Å². The molecular formula is C15H14Br2FNO. The number of methoxy groups -OCH3 is 1. The summed E-state index contributed by atoms with van der Waals surface area (Å²) < 4.78 is 20.0. The Kier molecular flexibility index (Phi) is 5.18. The smallest absolute Gasteiger partial charge is 0.137 e. The zero-order valence-electron chi connectivity index (χ0n) is 10.9. The lowest BCUT2D eigenvalue weighted by Crippen LogP contribution is -2.14. The molecule has 0 heterocycles. The highest BCUT2D eigenvalue weighted by Crippen LogP contribution is 2.30. The van der Waals surface area contributed by atoms with E-state index in [1.54, 1.807) is 13.2 Å². The van der Waals surface area contributed by atoms with Gasteiger partial charge in [-0.1, -0.05) is 18.2 Å². The summed E-state index contributed by atoms with van der Waals surface area (Å²) in [5.74, 6) is 0.475. The van der Waals surface area contributed by atoms with E-state index in [9.17, 15) is 4.39 Å². The largest absolute Gasteiger partial charge is 0.496 e. The molecule has 2 N–H and O–H groups in total. The fourth-order valence-corrected chi connectivity index (χ4v) is 3.15. The van der Waals surface area contributed by atoms with Crippen LogP contribution >= 0.6 is 31.9 Å². The molecule has 2 aromatic rings. The second-order valence-corrected chi connectivity index (χ2v) is 6.07. The van der Waals surface area contributed by atoms with Crippen molar-refractivity contribution in [1.29, 1.82) is 0 Å². The molecule has 0 aliphatic carbocycles. The SMILES string of the molecule is COc1ccc(CC(N)c2cccc(F)c2Br)cc1Br. The van der Waals surface area contributed by atoms with Crippen LogP contribution in [0.5, 0.6) is 5.75 Å². The van der Waals surface area contributed by atoms with Crippen LogP contribution in [-0.2, 0) is 6.42 Å². The van der Waals surface area contributed by atoms with E-state index in [2.05, 4.69) is 31.9 Å². The van der Waals surface area contributed by atoms with Crippen LogP contribution in [0.1, 0.15) is 17.2 Å². The van der Waals surface area contributed by atoms with Crippen LogP contribution in [0, 0.1) is 5.82 Å². The molecule has 0 radical (unpaired) electrons. The molecule has 0 fully saturated rings. The lowest BCUT2D eigenvalue weighted by Gasteiger charge is -2.15. The molecule has 0 saturated carbocycles. The van der Waals surface area contributed by atoms with Crippen LogP contribution in [0.3, 0.4) is 0 Å². The van der Waals surface area contributed by atoms with Crippen LogP contribution < -0.4 is 10.5 Å². The molecular weight excluding hydrogens is 389 g/mol. The van der Waals surface area contributed by atoms with Gasteiger partial charge < -0.3 is 10.5 Å². The maximum absolute atomic E-state index is 13.5. The second-order valence-electron chi connectivity index (χ2n) is 4.42. The second kappa shape index (κ2) is 6.70. The topological polar surface area (TPSA) is 35.2 Å². The van der Waals surface area contributed by atoms with Crippen LogP contribution in [0.4, 0.5) is 4.39 Å². The molecule has 5 heteroatoms. The summed E-state index contributed by atoms with van der Waals surface area (Å²) in [6.45, 7) is 0. The van der Waals surface area contributed by atoms with E-state index in [0.717, 1.165) is 21.3 Å². The van der Waals surface area contributed by atoms with E-state index in [1.807, 2.05) is 24.3 Å².